The molecule has 0 aliphatic carbocycles. The van der Waals surface area contributed by atoms with Crippen LogP contribution in [0.15, 0.2) is 63.7 Å². The fraction of sp³-hybridized carbons (Fsp3) is 0.167. The van der Waals surface area contributed by atoms with E-state index in [2.05, 4.69) is 26.7 Å². The summed E-state index contributed by atoms with van der Waals surface area (Å²) in [5, 5.41) is 17.1. The first-order valence-corrected chi connectivity index (χ1v) is 7.90. The third-order valence-electron chi connectivity index (χ3n) is 3.73. The molecule has 2 aromatic heterocycles. The molecule has 4 rings (SSSR count). The van der Waals surface area contributed by atoms with Crippen LogP contribution in [0.25, 0.3) is 10.8 Å². The van der Waals surface area contributed by atoms with Gasteiger partial charge in [0.15, 0.2) is 6.10 Å². The average Bonchev–Trinajstić information content (AvgIpc) is 3.31. The number of hydrogen-bond acceptors (Lipinski definition) is 7. The van der Waals surface area contributed by atoms with Gasteiger partial charge in [0.25, 0.3) is 5.89 Å². The molecule has 1 atom stereocenters. The van der Waals surface area contributed by atoms with Crippen molar-refractivity contribution < 1.29 is 13.7 Å². The predicted octanol–water partition coefficient (Wildman–Crippen LogP) is 3.96. The van der Waals surface area contributed by atoms with Crippen molar-refractivity contribution in [3.63, 3.8) is 0 Å². The zero-order valence-corrected chi connectivity index (χ0v) is 13.5. The summed E-state index contributed by atoms with van der Waals surface area (Å²) >= 11 is 0. The SMILES string of the molecule is CC(Oc1ccc2ccccc2c1)c1nnc(NCc2ccon2)o1. The van der Waals surface area contributed by atoms with Gasteiger partial charge in [-0.3, -0.25) is 0 Å². The molecule has 4 aromatic rings. The highest BCUT2D eigenvalue weighted by atomic mass is 16.5. The fourth-order valence-electron chi connectivity index (χ4n) is 2.46. The van der Waals surface area contributed by atoms with Crippen molar-refractivity contribution in [2.24, 2.45) is 0 Å². The standard InChI is InChI=1S/C18H16N4O3/c1-12(24-16-7-6-13-4-2-3-5-14(13)10-16)17-20-21-18(25-17)19-11-15-8-9-23-22-15/h2-10,12H,11H2,1H3,(H,19,21). The largest absolute Gasteiger partial charge is 0.481 e. The number of aromatic nitrogens is 3. The first kappa shape index (κ1) is 15.2. The first-order valence-electron chi connectivity index (χ1n) is 7.90. The number of hydrogen-bond donors (Lipinski definition) is 1. The van der Waals surface area contributed by atoms with Gasteiger partial charge in [-0.05, 0) is 29.8 Å². The maximum absolute atomic E-state index is 5.92. The zero-order valence-electron chi connectivity index (χ0n) is 13.5. The summed E-state index contributed by atoms with van der Waals surface area (Å²) in [7, 11) is 0. The highest BCUT2D eigenvalue weighted by Crippen LogP contribution is 2.25. The molecule has 2 heterocycles. The summed E-state index contributed by atoms with van der Waals surface area (Å²) in [6.07, 6.45) is 1.15. The minimum Gasteiger partial charge on any atom is -0.481 e. The van der Waals surface area contributed by atoms with Crippen LogP contribution in [0.1, 0.15) is 24.6 Å². The molecular formula is C18H16N4O3. The van der Waals surface area contributed by atoms with E-state index in [0.29, 0.717) is 18.5 Å². The quantitative estimate of drug-likeness (QED) is 0.570. The Labute approximate surface area is 143 Å². The molecule has 0 aliphatic heterocycles. The Morgan fingerprint density at radius 1 is 1.08 bits per heavy atom. The summed E-state index contributed by atoms with van der Waals surface area (Å²) in [4.78, 5) is 0. The minimum atomic E-state index is -0.365. The Hall–Kier alpha value is -3.35. The van der Waals surface area contributed by atoms with E-state index in [1.54, 1.807) is 6.07 Å². The molecule has 0 aliphatic rings. The van der Waals surface area contributed by atoms with Gasteiger partial charge in [0, 0.05) is 6.07 Å². The third-order valence-corrected chi connectivity index (χ3v) is 3.73. The number of rotatable bonds is 6. The fourth-order valence-corrected chi connectivity index (χ4v) is 2.46. The van der Waals surface area contributed by atoms with Gasteiger partial charge < -0.3 is 19.0 Å². The normalized spacial score (nSPS) is 12.2. The number of anilines is 1. The van der Waals surface area contributed by atoms with Crippen LogP contribution in [-0.4, -0.2) is 15.4 Å². The van der Waals surface area contributed by atoms with Crippen LogP contribution in [0.2, 0.25) is 0 Å². The van der Waals surface area contributed by atoms with Crippen LogP contribution in [0.4, 0.5) is 6.01 Å². The second kappa shape index (κ2) is 6.64. The number of fused-ring (bicyclic) bond motifs is 1. The molecule has 0 bridgehead atoms. The van der Waals surface area contributed by atoms with Gasteiger partial charge in [-0.1, -0.05) is 40.6 Å². The van der Waals surface area contributed by atoms with Gasteiger partial charge in [-0.15, -0.1) is 5.10 Å². The Kier molecular flexibility index (Phi) is 4.04. The summed E-state index contributed by atoms with van der Waals surface area (Å²) in [5.74, 6) is 1.15. The molecule has 7 heteroatoms. The molecule has 7 nitrogen and oxygen atoms in total. The van der Waals surface area contributed by atoms with Gasteiger partial charge in [0.2, 0.25) is 0 Å². The molecule has 0 spiro atoms. The van der Waals surface area contributed by atoms with Crippen molar-refractivity contribution in [3.8, 4) is 5.75 Å². The molecule has 0 saturated carbocycles. The molecule has 0 saturated heterocycles. The summed E-state index contributed by atoms with van der Waals surface area (Å²) in [6, 6.07) is 16.1. The van der Waals surface area contributed by atoms with E-state index in [-0.39, 0.29) is 6.10 Å². The summed E-state index contributed by atoms with van der Waals surface area (Å²) in [6.45, 7) is 2.31. The molecule has 0 amide bonds. The Bertz CT molecular complexity index is 965. The summed E-state index contributed by atoms with van der Waals surface area (Å²) < 4.78 is 16.3. The van der Waals surface area contributed by atoms with Gasteiger partial charge in [-0.25, -0.2) is 0 Å². The minimum absolute atomic E-state index is 0.312. The molecule has 2 aromatic carbocycles. The van der Waals surface area contributed by atoms with Crippen LogP contribution in [0.5, 0.6) is 5.75 Å². The highest BCUT2D eigenvalue weighted by Gasteiger charge is 2.16. The van der Waals surface area contributed by atoms with Crippen molar-refractivity contribution in [1.29, 1.82) is 0 Å². The molecule has 25 heavy (non-hydrogen) atoms. The van der Waals surface area contributed by atoms with Crippen LogP contribution in [0, 0.1) is 0 Å². The lowest BCUT2D eigenvalue weighted by Gasteiger charge is -2.11. The van der Waals surface area contributed by atoms with E-state index in [0.717, 1.165) is 16.8 Å². The lowest BCUT2D eigenvalue weighted by Crippen LogP contribution is -2.03. The Morgan fingerprint density at radius 3 is 2.80 bits per heavy atom. The van der Waals surface area contributed by atoms with E-state index < -0.39 is 0 Å². The molecular weight excluding hydrogens is 320 g/mol. The number of benzene rings is 2. The zero-order chi connectivity index (χ0) is 17.1. The number of nitrogens with zero attached hydrogens (tertiary/aromatic N) is 3. The van der Waals surface area contributed by atoms with E-state index in [4.69, 9.17) is 13.7 Å². The Balaban J connectivity index is 1.42. The lowest BCUT2D eigenvalue weighted by molar-refractivity contribution is 0.190. The van der Waals surface area contributed by atoms with E-state index in [1.165, 1.54) is 11.6 Å². The Morgan fingerprint density at radius 2 is 1.96 bits per heavy atom. The molecule has 1 N–H and O–H groups in total. The van der Waals surface area contributed by atoms with Gasteiger partial charge in [0.05, 0.1) is 6.54 Å². The average molecular weight is 336 g/mol. The van der Waals surface area contributed by atoms with Crippen LogP contribution < -0.4 is 10.1 Å². The molecule has 1 unspecified atom stereocenters. The maximum Gasteiger partial charge on any atom is 0.315 e. The van der Waals surface area contributed by atoms with E-state index in [9.17, 15) is 0 Å². The van der Waals surface area contributed by atoms with Crippen molar-refractivity contribution in [2.75, 3.05) is 5.32 Å². The predicted molar refractivity (Wildman–Crippen MR) is 91.1 cm³/mol. The maximum atomic E-state index is 5.92. The van der Waals surface area contributed by atoms with Crippen molar-refractivity contribution in [1.82, 2.24) is 15.4 Å². The third kappa shape index (κ3) is 3.45. The molecule has 0 fully saturated rings. The number of nitrogens with one attached hydrogen (secondary N) is 1. The van der Waals surface area contributed by atoms with Crippen molar-refractivity contribution in [2.45, 2.75) is 19.6 Å². The van der Waals surface area contributed by atoms with Gasteiger partial charge in [-0.2, -0.15) is 0 Å². The topological polar surface area (TPSA) is 86.2 Å². The van der Waals surface area contributed by atoms with E-state index >= 15 is 0 Å². The second-order valence-electron chi connectivity index (χ2n) is 5.56. The molecule has 0 radical (unpaired) electrons. The van der Waals surface area contributed by atoms with Crippen molar-refractivity contribution in [3.05, 3.63) is 66.4 Å². The highest BCUT2D eigenvalue weighted by molar-refractivity contribution is 5.83. The first-order chi connectivity index (χ1) is 12.3. The smallest absolute Gasteiger partial charge is 0.315 e. The number of ether oxygens (including phenoxy) is 1. The van der Waals surface area contributed by atoms with Crippen LogP contribution in [-0.2, 0) is 6.54 Å². The van der Waals surface area contributed by atoms with Crippen LogP contribution >= 0.6 is 0 Å². The van der Waals surface area contributed by atoms with Crippen LogP contribution in [0.3, 0.4) is 0 Å². The monoisotopic (exact) mass is 336 g/mol. The molecule has 126 valence electrons. The second-order valence-corrected chi connectivity index (χ2v) is 5.56. The van der Waals surface area contributed by atoms with Gasteiger partial charge in [0.1, 0.15) is 17.7 Å². The van der Waals surface area contributed by atoms with E-state index in [1.807, 2.05) is 43.3 Å². The lowest BCUT2D eigenvalue weighted by atomic mass is 10.1. The summed E-state index contributed by atoms with van der Waals surface area (Å²) in [5.41, 5.74) is 0.750. The van der Waals surface area contributed by atoms with Crippen molar-refractivity contribution >= 4 is 16.8 Å². The van der Waals surface area contributed by atoms with Gasteiger partial charge >= 0.3 is 6.01 Å².